The highest BCUT2D eigenvalue weighted by Crippen LogP contribution is 2.44. The van der Waals surface area contributed by atoms with E-state index >= 15 is 0 Å². The summed E-state index contributed by atoms with van der Waals surface area (Å²) >= 11 is 0. The highest BCUT2D eigenvalue weighted by atomic mass is 16.3. The van der Waals surface area contributed by atoms with E-state index in [-0.39, 0.29) is 0 Å². The summed E-state index contributed by atoms with van der Waals surface area (Å²) in [6, 6.07) is 80.0. The Labute approximate surface area is 369 Å². The smallest absolute Gasteiger partial charge is 0.143 e. The molecule has 0 N–H and O–H groups in total. The molecular weight excluding hydrogens is 777 g/mol. The van der Waals surface area contributed by atoms with E-state index in [0.29, 0.717) is 0 Å². The molecule has 0 saturated heterocycles. The number of fused-ring (bicyclic) bond motifs is 12. The van der Waals surface area contributed by atoms with Crippen molar-refractivity contribution in [3.63, 3.8) is 0 Å². The molecule has 14 rings (SSSR count). The van der Waals surface area contributed by atoms with Crippen LogP contribution < -0.4 is 0 Å². The van der Waals surface area contributed by atoms with E-state index in [1.54, 1.807) is 0 Å². The van der Waals surface area contributed by atoms with E-state index < -0.39 is 0 Å². The maximum Gasteiger partial charge on any atom is 0.143 e. The summed E-state index contributed by atoms with van der Waals surface area (Å²) in [5, 5.41) is 7.25. The van der Waals surface area contributed by atoms with Crippen molar-refractivity contribution in [1.29, 1.82) is 0 Å². The molecule has 3 heterocycles. The van der Waals surface area contributed by atoms with Crippen LogP contribution in [0.3, 0.4) is 0 Å². The summed E-state index contributed by atoms with van der Waals surface area (Å²) in [4.78, 5) is 0. The van der Waals surface area contributed by atoms with Crippen LogP contribution >= 0.6 is 0 Å². The van der Waals surface area contributed by atoms with Gasteiger partial charge >= 0.3 is 0 Å². The van der Waals surface area contributed by atoms with Crippen molar-refractivity contribution in [3.05, 3.63) is 230 Å². The minimum Gasteiger partial charge on any atom is -0.455 e. The van der Waals surface area contributed by atoms with Gasteiger partial charge in [-0.05, 0) is 129 Å². The first-order valence-corrected chi connectivity index (χ1v) is 22.1. The summed E-state index contributed by atoms with van der Waals surface area (Å²) in [6.45, 7) is 0. The SMILES string of the molecule is c1ccc(-n2c3ccccc3c3cc(-c4ccc5c(c4)c4cc(-c6cccc7c6Cc6ccccc6-7)ccc4n5-c4ccc(-c5cccc6c5oc5ccccc56)cc4)ccc32)cc1. The van der Waals surface area contributed by atoms with Crippen LogP contribution in [0.2, 0.25) is 0 Å². The summed E-state index contributed by atoms with van der Waals surface area (Å²) < 4.78 is 11.3. The van der Waals surface area contributed by atoms with Crippen LogP contribution in [-0.4, -0.2) is 9.13 Å². The second-order valence-corrected chi connectivity index (χ2v) is 17.2. The minimum absolute atomic E-state index is 0.912. The van der Waals surface area contributed by atoms with Gasteiger partial charge in [-0.25, -0.2) is 0 Å². The Bertz CT molecular complexity index is 4030. The zero-order valence-electron chi connectivity index (χ0n) is 34.8. The van der Waals surface area contributed by atoms with E-state index in [1.807, 2.05) is 12.1 Å². The quantitative estimate of drug-likeness (QED) is 0.170. The normalized spacial score (nSPS) is 12.3. The third-order valence-corrected chi connectivity index (χ3v) is 13.8. The lowest BCUT2D eigenvalue weighted by molar-refractivity contribution is 0.670. The molecule has 3 heteroatoms. The third kappa shape index (κ3) is 5.16. The van der Waals surface area contributed by atoms with Gasteiger partial charge in [0.25, 0.3) is 0 Å². The van der Waals surface area contributed by atoms with Gasteiger partial charge in [0.05, 0.1) is 22.1 Å². The molecule has 13 aromatic rings. The fourth-order valence-corrected chi connectivity index (χ4v) is 10.8. The Morgan fingerprint density at radius 1 is 0.312 bits per heavy atom. The van der Waals surface area contributed by atoms with Crippen LogP contribution in [0, 0.1) is 0 Å². The molecule has 0 aliphatic heterocycles. The molecule has 1 aliphatic carbocycles. The third-order valence-electron chi connectivity index (χ3n) is 13.8. The molecule has 3 aromatic heterocycles. The molecule has 3 nitrogen and oxygen atoms in total. The molecule has 10 aromatic carbocycles. The molecule has 0 saturated carbocycles. The topological polar surface area (TPSA) is 23.0 Å². The van der Waals surface area contributed by atoms with E-state index in [9.17, 15) is 0 Å². The summed E-state index contributed by atoms with van der Waals surface area (Å²) in [5.41, 5.74) is 21.6. The summed E-state index contributed by atoms with van der Waals surface area (Å²) in [5.74, 6) is 0. The first kappa shape index (κ1) is 35.2. The molecular formula is C61H38N2O. The van der Waals surface area contributed by atoms with Crippen LogP contribution in [0.5, 0.6) is 0 Å². The van der Waals surface area contributed by atoms with Crippen molar-refractivity contribution >= 4 is 65.6 Å². The maximum absolute atomic E-state index is 6.46. The fraction of sp³-hybridized carbons (Fsp3) is 0.0164. The zero-order chi connectivity index (χ0) is 41.9. The molecule has 0 fully saturated rings. The number of furan rings is 1. The predicted octanol–water partition coefficient (Wildman–Crippen LogP) is 16.4. The lowest BCUT2D eigenvalue weighted by atomic mass is 9.94. The second kappa shape index (κ2) is 13.5. The van der Waals surface area contributed by atoms with Gasteiger partial charge in [-0.1, -0.05) is 146 Å². The van der Waals surface area contributed by atoms with E-state index in [4.69, 9.17) is 4.42 Å². The second-order valence-electron chi connectivity index (χ2n) is 17.2. The molecule has 0 spiro atoms. The Kier molecular flexibility index (Phi) is 7.46. The average Bonchev–Trinajstić information content (AvgIpc) is 4.11. The van der Waals surface area contributed by atoms with E-state index in [1.165, 1.54) is 93.8 Å². The number of aromatic nitrogens is 2. The van der Waals surface area contributed by atoms with Crippen LogP contribution in [0.25, 0.3) is 121 Å². The molecule has 298 valence electrons. The van der Waals surface area contributed by atoms with Crippen LogP contribution in [-0.2, 0) is 6.42 Å². The first-order chi connectivity index (χ1) is 31.7. The average molecular weight is 815 g/mol. The standard InChI is InChI=1S/C61H38N2O/c1-2-13-43(14-3-1)62-56-22-8-6-16-49(56)53-34-39(26-31-57(53)62)40-27-32-58-54(35-40)55-37-42(46-18-10-20-48-45-15-5-4-12-41(45)36-52(46)48)28-33-59(55)63(58)44-29-24-38(25-30-44)47-19-11-21-51-50-17-7-9-23-60(50)64-61(47)51/h1-35,37H,36H2. The molecule has 0 amide bonds. The van der Waals surface area contributed by atoms with Gasteiger partial charge in [0.2, 0.25) is 0 Å². The fourth-order valence-electron chi connectivity index (χ4n) is 10.8. The molecule has 0 atom stereocenters. The van der Waals surface area contributed by atoms with Crippen molar-refractivity contribution in [1.82, 2.24) is 9.13 Å². The Balaban J connectivity index is 0.948. The predicted molar refractivity (Wildman–Crippen MR) is 267 cm³/mol. The number of para-hydroxylation sites is 4. The first-order valence-electron chi connectivity index (χ1n) is 22.1. The highest BCUT2D eigenvalue weighted by Gasteiger charge is 2.23. The number of benzene rings is 10. The Morgan fingerprint density at radius 2 is 0.828 bits per heavy atom. The summed E-state index contributed by atoms with van der Waals surface area (Å²) in [7, 11) is 0. The monoisotopic (exact) mass is 814 g/mol. The molecule has 0 bridgehead atoms. The lowest BCUT2D eigenvalue weighted by Gasteiger charge is -2.11. The van der Waals surface area contributed by atoms with Crippen molar-refractivity contribution in [2.24, 2.45) is 0 Å². The molecule has 0 radical (unpaired) electrons. The number of hydrogen-bond donors (Lipinski definition) is 0. The van der Waals surface area contributed by atoms with E-state index in [0.717, 1.165) is 45.2 Å². The van der Waals surface area contributed by atoms with Crippen LogP contribution in [0.15, 0.2) is 223 Å². The molecule has 0 unspecified atom stereocenters. The summed E-state index contributed by atoms with van der Waals surface area (Å²) in [6.07, 6.45) is 0.947. The molecule has 64 heavy (non-hydrogen) atoms. The largest absolute Gasteiger partial charge is 0.455 e. The van der Waals surface area contributed by atoms with Gasteiger partial charge in [0.15, 0.2) is 0 Å². The van der Waals surface area contributed by atoms with Gasteiger partial charge in [0, 0.05) is 49.3 Å². The number of rotatable bonds is 5. The minimum atomic E-state index is 0.912. The van der Waals surface area contributed by atoms with Gasteiger partial charge in [0.1, 0.15) is 11.2 Å². The van der Waals surface area contributed by atoms with Gasteiger partial charge in [-0.3, -0.25) is 0 Å². The van der Waals surface area contributed by atoms with Gasteiger partial charge in [-0.2, -0.15) is 0 Å². The Morgan fingerprint density at radius 3 is 1.61 bits per heavy atom. The van der Waals surface area contributed by atoms with Crippen LogP contribution in [0.4, 0.5) is 0 Å². The van der Waals surface area contributed by atoms with Crippen molar-refractivity contribution in [2.75, 3.05) is 0 Å². The van der Waals surface area contributed by atoms with Crippen molar-refractivity contribution in [3.8, 4) is 55.9 Å². The maximum atomic E-state index is 6.46. The van der Waals surface area contributed by atoms with Crippen molar-refractivity contribution < 1.29 is 4.42 Å². The highest BCUT2D eigenvalue weighted by molar-refractivity contribution is 6.14. The lowest BCUT2D eigenvalue weighted by Crippen LogP contribution is -1.94. The number of nitrogens with zero attached hydrogens (tertiary/aromatic N) is 2. The van der Waals surface area contributed by atoms with E-state index in [2.05, 4.69) is 215 Å². The van der Waals surface area contributed by atoms with Gasteiger partial charge in [-0.15, -0.1) is 0 Å². The zero-order valence-corrected chi connectivity index (χ0v) is 34.8. The number of hydrogen-bond acceptors (Lipinski definition) is 1. The van der Waals surface area contributed by atoms with Crippen molar-refractivity contribution in [2.45, 2.75) is 6.42 Å². The molecule has 1 aliphatic rings. The Hall–Kier alpha value is -8.40. The van der Waals surface area contributed by atoms with Gasteiger partial charge < -0.3 is 13.6 Å². The van der Waals surface area contributed by atoms with Crippen LogP contribution in [0.1, 0.15) is 11.1 Å².